The number of amides is 1. The van der Waals surface area contributed by atoms with Gasteiger partial charge in [0.1, 0.15) is 6.33 Å². The molecule has 1 aliphatic heterocycles. The number of ether oxygens (including phenoxy) is 1. The Morgan fingerprint density at radius 1 is 1.48 bits per heavy atom. The second-order valence-electron chi connectivity index (χ2n) is 5.14. The molecule has 7 heteroatoms. The van der Waals surface area contributed by atoms with Gasteiger partial charge in [0.15, 0.2) is 5.82 Å². The van der Waals surface area contributed by atoms with Gasteiger partial charge in [-0.05, 0) is 12.1 Å². The summed E-state index contributed by atoms with van der Waals surface area (Å²) in [5, 5.41) is 10.8. The number of carbonyl (C=O) groups excluding carboxylic acids is 1. The quantitative estimate of drug-likeness (QED) is 0.851. The summed E-state index contributed by atoms with van der Waals surface area (Å²) in [4.78, 5) is 12.2. The Kier molecular flexibility index (Phi) is 3.68. The van der Waals surface area contributed by atoms with E-state index in [2.05, 4.69) is 15.5 Å². The third-order valence-electron chi connectivity index (χ3n) is 3.56. The Bertz CT molecular complexity index is 654. The average Bonchev–Trinajstić information content (AvgIpc) is 3.07. The number of benzene rings is 1. The van der Waals surface area contributed by atoms with Gasteiger partial charge in [0.05, 0.1) is 19.1 Å². The zero-order valence-electron chi connectivity index (χ0n) is 11.7. The lowest BCUT2D eigenvalue weighted by atomic mass is 10.0. The van der Waals surface area contributed by atoms with Crippen LogP contribution in [-0.4, -0.2) is 39.9 Å². The number of aryl methyl sites for hydroxylation is 1. The normalized spacial score (nSPS) is 21.4. The van der Waals surface area contributed by atoms with Gasteiger partial charge in [-0.15, -0.1) is 10.2 Å². The highest BCUT2D eigenvalue weighted by Crippen LogP contribution is 2.21. The van der Waals surface area contributed by atoms with Crippen molar-refractivity contribution in [3.63, 3.8) is 0 Å². The van der Waals surface area contributed by atoms with Crippen molar-refractivity contribution in [1.29, 1.82) is 0 Å². The molecule has 2 aromatic rings. The molecule has 3 N–H and O–H groups in total. The standard InChI is InChI=1S/C14H17N5O2/c1-19-8-16-18-13(19)9-3-2-4-10(5-9)17-14(20)11-6-21-7-12(11)15/h2-5,8,11-12H,6-7,15H2,1H3,(H,17,20). The number of aromatic nitrogens is 3. The first-order chi connectivity index (χ1) is 10.1. The minimum atomic E-state index is -0.302. The summed E-state index contributed by atoms with van der Waals surface area (Å²) in [5.41, 5.74) is 7.45. The van der Waals surface area contributed by atoms with Crippen LogP contribution in [0.3, 0.4) is 0 Å². The fraction of sp³-hybridized carbons (Fsp3) is 0.357. The molecule has 110 valence electrons. The molecule has 21 heavy (non-hydrogen) atoms. The van der Waals surface area contributed by atoms with E-state index < -0.39 is 0 Å². The summed E-state index contributed by atoms with van der Waals surface area (Å²) in [6, 6.07) is 7.24. The van der Waals surface area contributed by atoms with Crippen molar-refractivity contribution in [2.75, 3.05) is 18.5 Å². The van der Waals surface area contributed by atoms with Crippen molar-refractivity contribution < 1.29 is 9.53 Å². The van der Waals surface area contributed by atoms with Crippen LogP contribution in [0.15, 0.2) is 30.6 Å². The second kappa shape index (κ2) is 5.63. The fourth-order valence-corrected chi connectivity index (χ4v) is 2.36. The first-order valence-electron chi connectivity index (χ1n) is 6.74. The van der Waals surface area contributed by atoms with E-state index in [0.717, 1.165) is 11.4 Å². The molecule has 0 saturated carbocycles. The molecule has 2 unspecified atom stereocenters. The van der Waals surface area contributed by atoms with Crippen molar-refractivity contribution >= 4 is 11.6 Å². The number of hydrogen-bond acceptors (Lipinski definition) is 5. The Labute approximate surface area is 122 Å². The topological polar surface area (TPSA) is 95.1 Å². The van der Waals surface area contributed by atoms with E-state index in [-0.39, 0.29) is 17.9 Å². The Hall–Kier alpha value is -2.25. The molecule has 0 radical (unpaired) electrons. The molecular weight excluding hydrogens is 270 g/mol. The lowest BCUT2D eigenvalue weighted by Crippen LogP contribution is -2.37. The lowest BCUT2D eigenvalue weighted by molar-refractivity contribution is -0.120. The first-order valence-corrected chi connectivity index (χ1v) is 6.74. The number of nitrogens with zero attached hydrogens (tertiary/aromatic N) is 3. The second-order valence-corrected chi connectivity index (χ2v) is 5.14. The molecule has 1 fully saturated rings. The van der Waals surface area contributed by atoms with E-state index in [4.69, 9.17) is 10.5 Å². The van der Waals surface area contributed by atoms with Crippen LogP contribution in [0.1, 0.15) is 0 Å². The average molecular weight is 287 g/mol. The monoisotopic (exact) mass is 287 g/mol. The summed E-state index contributed by atoms with van der Waals surface area (Å²) in [6.07, 6.45) is 1.63. The highest BCUT2D eigenvalue weighted by molar-refractivity contribution is 5.93. The molecule has 1 amide bonds. The van der Waals surface area contributed by atoms with Crippen molar-refractivity contribution in [2.45, 2.75) is 6.04 Å². The van der Waals surface area contributed by atoms with Gasteiger partial charge in [-0.3, -0.25) is 4.79 Å². The molecule has 1 aromatic heterocycles. The van der Waals surface area contributed by atoms with E-state index in [1.54, 1.807) is 6.33 Å². The zero-order valence-corrected chi connectivity index (χ0v) is 11.7. The van der Waals surface area contributed by atoms with Gasteiger partial charge >= 0.3 is 0 Å². The van der Waals surface area contributed by atoms with Crippen molar-refractivity contribution in [3.8, 4) is 11.4 Å². The molecule has 1 saturated heterocycles. The van der Waals surface area contributed by atoms with E-state index >= 15 is 0 Å². The minimum Gasteiger partial charge on any atom is -0.379 e. The van der Waals surface area contributed by atoms with E-state index in [1.165, 1.54) is 0 Å². The van der Waals surface area contributed by atoms with Crippen LogP contribution in [0.5, 0.6) is 0 Å². The van der Waals surface area contributed by atoms with Crippen LogP contribution in [0.25, 0.3) is 11.4 Å². The molecule has 2 heterocycles. The Morgan fingerprint density at radius 2 is 2.33 bits per heavy atom. The van der Waals surface area contributed by atoms with Gasteiger partial charge in [0, 0.05) is 24.3 Å². The largest absolute Gasteiger partial charge is 0.379 e. The summed E-state index contributed by atoms with van der Waals surface area (Å²) >= 11 is 0. The third kappa shape index (κ3) is 2.79. The predicted molar refractivity (Wildman–Crippen MR) is 77.4 cm³/mol. The number of rotatable bonds is 3. The summed E-state index contributed by atoms with van der Waals surface area (Å²) in [7, 11) is 1.87. The van der Waals surface area contributed by atoms with Gasteiger partial charge in [-0.1, -0.05) is 12.1 Å². The molecule has 0 aliphatic carbocycles. The molecule has 2 atom stereocenters. The van der Waals surface area contributed by atoms with Crippen LogP contribution in [-0.2, 0) is 16.6 Å². The van der Waals surface area contributed by atoms with Gasteiger partial charge in [-0.2, -0.15) is 0 Å². The van der Waals surface area contributed by atoms with Crippen molar-refractivity contribution in [1.82, 2.24) is 14.8 Å². The van der Waals surface area contributed by atoms with Gasteiger partial charge < -0.3 is 20.4 Å². The maximum Gasteiger partial charge on any atom is 0.231 e. The Morgan fingerprint density at radius 3 is 3.00 bits per heavy atom. The molecule has 1 aliphatic rings. The SMILES string of the molecule is Cn1cnnc1-c1cccc(NC(=O)C2COCC2N)c1. The summed E-state index contributed by atoms with van der Waals surface area (Å²) in [6.45, 7) is 0.799. The lowest BCUT2D eigenvalue weighted by Gasteiger charge is -2.13. The number of anilines is 1. The van der Waals surface area contributed by atoms with E-state index in [1.807, 2.05) is 35.9 Å². The van der Waals surface area contributed by atoms with E-state index in [0.29, 0.717) is 18.9 Å². The maximum atomic E-state index is 12.2. The van der Waals surface area contributed by atoms with Crippen LogP contribution >= 0.6 is 0 Å². The maximum absolute atomic E-state index is 12.2. The zero-order chi connectivity index (χ0) is 14.8. The van der Waals surface area contributed by atoms with E-state index in [9.17, 15) is 4.79 Å². The molecule has 7 nitrogen and oxygen atoms in total. The van der Waals surface area contributed by atoms with Gasteiger partial charge in [-0.25, -0.2) is 0 Å². The summed E-state index contributed by atoms with van der Waals surface area (Å²) < 4.78 is 7.04. The highest BCUT2D eigenvalue weighted by Gasteiger charge is 2.31. The van der Waals surface area contributed by atoms with Crippen molar-refractivity contribution in [2.24, 2.45) is 18.7 Å². The summed E-state index contributed by atoms with van der Waals surface area (Å²) in [5.74, 6) is 0.325. The number of carbonyl (C=O) groups is 1. The third-order valence-corrected chi connectivity index (χ3v) is 3.56. The molecule has 3 rings (SSSR count). The number of hydrogen-bond donors (Lipinski definition) is 2. The predicted octanol–water partition coefficient (Wildman–Crippen LogP) is 0.394. The number of nitrogens with one attached hydrogen (secondary N) is 1. The highest BCUT2D eigenvalue weighted by atomic mass is 16.5. The number of nitrogens with two attached hydrogens (primary N) is 1. The first kappa shape index (κ1) is 13.7. The molecular formula is C14H17N5O2. The van der Waals surface area contributed by atoms with Crippen LogP contribution in [0, 0.1) is 5.92 Å². The van der Waals surface area contributed by atoms with Crippen molar-refractivity contribution in [3.05, 3.63) is 30.6 Å². The van der Waals surface area contributed by atoms with Gasteiger partial charge in [0.25, 0.3) is 0 Å². The van der Waals surface area contributed by atoms with Crippen LogP contribution in [0.4, 0.5) is 5.69 Å². The van der Waals surface area contributed by atoms with Gasteiger partial charge in [0.2, 0.25) is 5.91 Å². The molecule has 0 bridgehead atoms. The Balaban J connectivity index is 1.77. The smallest absolute Gasteiger partial charge is 0.231 e. The fourth-order valence-electron chi connectivity index (χ4n) is 2.36. The molecule has 1 aromatic carbocycles. The van der Waals surface area contributed by atoms with Crippen LogP contribution in [0.2, 0.25) is 0 Å². The van der Waals surface area contributed by atoms with Crippen LogP contribution < -0.4 is 11.1 Å². The molecule has 0 spiro atoms. The minimum absolute atomic E-state index is 0.116.